The van der Waals surface area contributed by atoms with Gasteiger partial charge in [0, 0.05) is 19.6 Å². The fourth-order valence-electron chi connectivity index (χ4n) is 2.60. The Morgan fingerprint density at radius 2 is 2.05 bits per heavy atom. The van der Waals surface area contributed by atoms with E-state index < -0.39 is 29.5 Å². The lowest BCUT2D eigenvalue weighted by molar-refractivity contribution is -0.148. The van der Waals surface area contributed by atoms with Gasteiger partial charge in [-0.1, -0.05) is 6.42 Å². The molecule has 1 saturated carbocycles. The first-order valence-electron chi connectivity index (χ1n) is 7.27. The normalized spacial score (nSPS) is 26.0. The van der Waals surface area contributed by atoms with E-state index in [1.165, 1.54) is 4.90 Å². The largest absolute Gasteiger partial charge is 0.481 e. The highest BCUT2D eigenvalue weighted by molar-refractivity contribution is 5.87. The summed E-state index contributed by atoms with van der Waals surface area (Å²) in [5.74, 6) is -1.08. The lowest BCUT2D eigenvalue weighted by Gasteiger charge is -2.28. The van der Waals surface area contributed by atoms with E-state index in [2.05, 4.69) is 10.6 Å². The van der Waals surface area contributed by atoms with Crippen LogP contribution in [0.3, 0.4) is 0 Å². The molecule has 3 atom stereocenters. The average Bonchev–Trinajstić information content (AvgIpc) is 2.79. The molecular weight excluding hydrogens is 274 g/mol. The fraction of sp³-hybridized carbons (Fsp3) is 0.786. The van der Waals surface area contributed by atoms with Crippen LogP contribution in [0.15, 0.2) is 0 Å². The topological polar surface area (TPSA) is 98.7 Å². The van der Waals surface area contributed by atoms with Crippen molar-refractivity contribution >= 4 is 17.9 Å². The second kappa shape index (κ2) is 6.78. The van der Waals surface area contributed by atoms with Gasteiger partial charge in [0.15, 0.2) is 0 Å². The molecule has 0 aliphatic heterocycles. The molecule has 1 aliphatic rings. The zero-order valence-corrected chi connectivity index (χ0v) is 13.1. The summed E-state index contributed by atoms with van der Waals surface area (Å²) in [5.41, 5.74) is -0.940. The molecule has 1 aliphatic carbocycles. The number of carbonyl (C=O) groups excluding carboxylic acids is 2. The van der Waals surface area contributed by atoms with Crippen LogP contribution in [0.25, 0.3) is 0 Å². The van der Waals surface area contributed by atoms with Gasteiger partial charge in [-0.2, -0.15) is 0 Å². The van der Waals surface area contributed by atoms with E-state index in [-0.39, 0.29) is 5.91 Å². The Kier molecular flexibility index (Phi) is 5.57. The molecule has 1 fully saturated rings. The minimum Gasteiger partial charge on any atom is -0.481 e. The minimum absolute atomic E-state index is 0.180. The van der Waals surface area contributed by atoms with Crippen molar-refractivity contribution in [3.8, 4) is 0 Å². The number of carboxylic acid groups (broad SMARTS) is 1. The molecular formula is C14H25N3O4. The number of carboxylic acids is 1. The summed E-state index contributed by atoms with van der Waals surface area (Å²) in [5, 5.41) is 14.6. The summed E-state index contributed by atoms with van der Waals surface area (Å²) in [7, 11) is 1.66. The third kappa shape index (κ3) is 3.86. The number of likely N-dealkylation sites (N-methyl/N-ethyl adjacent to an activating group) is 1. The number of carbonyl (C=O) groups is 3. The van der Waals surface area contributed by atoms with Gasteiger partial charge in [0.1, 0.15) is 6.04 Å². The molecule has 0 aromatic heterocycles. The lowest BCUT2D eigenvalue weighted by atomic mass is 9.85. The standard InChI is InChI=1S/C14H25N3O4/c1-5-17(4)11(18)9(2)15-13(21)16-10-7-6-8-14(10,3)12(19)20/h9-10H,5-8H2,1-4H3,(H,19,20)(H2,15,16,21). The highest BCUT2D eigenvalue weighted by Crippen LogP contribution is 2.38. The monoisotopic (exact) mass is 299 g/mol. The highest BCUT2D eigenvalue weighted by Gasteiger charge is 2.46. The minimum atomic E-state index is -0.940. The number of hydrogen-bond donors (Lipinski definition) is 3. The molecule has 0 spiro atoms. The number of hydrogen-bond acceptors (Lipinski definition) is 3. The Morgan fingerprint density at radius 3 is 2.57 bits per heavy atom. The van der Waals surface area contributed by atoms with Crippen LogP contribution in [0.4, 0.5) is 4.79 Å². The van der Waals surface area contributed by atoms with E-state index in [4.69, 9.17) is 0 Å². The molecule has 7 heteroatoms. The van der Waals surface area contributed by atoms with Gasteiger partial charge in [-0.15, -0.1) is 0 Å². The average molecular weight is 299 g/mol. The third-order valence-corrected chi connectivity index (χ3v) is 4.32. The van der Waals surface area contributed by atoms with Crippen LogP contribution in [-0.2, 0) is 9.59 Å². The molecule has 0 bridgehead atoms. The number of nitrogens with zero attached hydrogens (tertiary/aromatic N) is 1. The Hall–Kier alpha value is -1.79. The number of amides is 3. The predicted octanol–water partition coefficient (Wildman–Crippen LogP) is 0.796. The molecule has 120 valence electrons. The molecule has 3 unspecified atom stereocenters. The van der Waals surface area contributed by atoms with Crippen LogP contribution in [0.5, 0.6) is 0 Å². The zero-order chi connectivity index (χ0) is 16.2. The SMILES string of the molecule is CCN(C)C(=O)C(C)NC(=O)NC1CCCC1(C)C(=O)O. The Labute approximate surface area is 125 Å². The van der Waals surface area contributed by atoms with Crippen LogP contribution >= 0.6 is 0 Å². The van der Waals surface area contributed by atoms with Gasteiger partial charge in [-0.05, 0) is 33.6 Å². The number of rotatable bonds is 5. The van der Waals surface area contributed by atoms with E-state index in [9.17, 15) is 19.5 Å². The number of aliphatic carboxylic acids is 1. The van der Waals surface area contributed by atoms with Gasteiger partial charge in [0.25, 0.3) is 0 Å². The van der Waals surface area contributed by atoms with Crippen molar-refractivity contribution in [3.05, 3.63) is 0 Å². The molecule has 0 aromatic carbocycles. The Balaban J connectivity index is 2.58. The first-order chi connectivity index (χ1) is 9.72. The van der Waals surface area contributed by atoms with Crippen molar-refractivity contribution in [1.29, 1.82) is 0 Å². The van der Waals surface area contributed by atoms with Crippen molar-refractivity contribution in [2.24, 2.45) is 5.41 Å². The van der Waals surface area contributed by atoms with Gasteiger partial charge in [0.05, 0.1) is 5.41 Å². The first-order valence-corrected chi connectivity index (χ1v) is 7.27. The van der Waals surface area contributed by atoms with Gasteiger partial charge in [0.2, 0.25) is 5.91 Å². The van der Waals surface area contributed by atoms with Gasteiger partial charge in [-0.25, -0.2) is 4.79 Å². The quantitative estimate of drug-likeness (QED) is 0.699. The first kappa shape index (κ1) is 17.3. The maximum absolute atomic E-state index is 11.9. The van der Waals surface area contributed by atoms with Crippen molar-refractivity contribution in [2.75, 3.05) is 13.6 Å². The van der Waals surface area contributed by atoms with Crippen molar-refractivity contribution in [2.45, 2.75) is 52.1 Å². The maximum atomic E-state index is 11.9. The molecule has 3 N–H and O–H groups in total. The molecule has 7 nitrogen and oxygen atoms in total. The second-order valence-corrected chi connectivity index (χ2v) is 5.86. The molecule has 1 rings (SSSR count). The zero-order valence-electron chi connectivity index (χ0n) is 13.1. The second-order valence-electron chi connectivity index (χ2n) is 5.86. The number of urea groups is 1. The highest BCUT2D eigenvalue weighted by atomic mass is 16.4. The Morgan fingerprint density at radius 1 is 1.43 bits per heavy atom. The summed E-state index contributed by atoms with van der Waals surface area (Å²) in [4.78, 5) is 36.7. The predicted molar refractivity (Wildman–Crippen MR) is 77.8 cm³/mol. The van der Waals surface area contributed by atoms with Crippen LogP contribution in [0.2, 0.25) is 0 Å². The van der Waals surface area contributed by atoms with E-state index in [1.54, 1.807) is 20.9 Å². The summed E-state index contributed by atoms with van der Waals surface area (Å²) < 4.78 is 0. The van der Waals surface area contributed by atoms with Crippen molar-refractivity contribution in [3.63, 3.8) is 0 Å². The molecule has 3 amide bonds. The van der Waals surface area contributed by atoms with E-state index in [0.717, 1.165) is 6.42 Å². The maximum Gasteiger partial charge on any atom is 0.315 e. The molecule has 0 saturated heterocycles. The van der Waals surface area contributed by atoms with Crippen LogP contribution in [0.1, 0.15) is 40.0 Å². The van der Waals surface area contributed by atoms with E-state index in [0.29, 0.717) is 19.4 Å². The van der Waals surface area contributed by atoms with Crippen molar-refractivity contribution in [1.82, 2.24) is 15.5 Å². The van der Waals surface area contributed by atoms with Crippen LogP contribution in [-0.4, -0.2) is 53.6 Å². The molecule has 0 aromatic rings. The lowest BCUT2D eigenvalue weighted by Crippen LogP contribution is -2.54. The Bertz CT molecular complexity index is 426. The van der Waals surface area contributed by atoms with Crippen molar-refractivity contribution < 1.29 is 19.5 Å². The number of nitrogens with one attached hydrogen (secondary N) is 2. The van der Waals surface area contributed by atoms with Crippen LogP contribution in [0, 0.1) is 5.41 Å². The smallest absolute Gasteiger partial charge is 0.315 e. The third-order valence-electron chi connectivity index (χ3n) is 4.32. The molecule has 0 radical (unpaired) electrons. The van der Waals surface area contributed by atoms with E-state index >= 15 is 0 Å². The summed E-state index contributed by atoms with van der Waals surface area (Å²) in [6.07, 6.45) is 1.94. The van der Waals surface area contributed by atoms with Crippen LogP contribution < -0.4 is 10.6 Å². The van der Waals surface area contributed by atoms with E-state index in [1.807, 2.05) is 6.92 Å². The molecule has 21 heavy (non-hydrogen) atoms. The summed E-state index contributed by atoms with van der Waals surface area (Å²) in [6.45, 7) is 5.67. The summed E-state index contributed by atoms with van der Waals surface area (Å²) >= 11 is 0. The van der Waals surface area contributed by atoms with Gasteiger partial charge < -0.3 is 20.6 Å². The summed E-state index contributed by atoms with van der Waals surface area (Å²) in [6, 6.07) is -1.56. The fourth-order valence-corrected chi connectivity index (χ4v) is 2.60. The van der Waals surface area contributed by atoms with Gasteiger partial charge in [-0.3, -0.25) is 9.59 Å². The molecule has 0 heterocycles. The van der Waals surface area contributed by atoms with Gasteiger partial charge >= 0.3 is 12.0 Å².